The van der Waals surface area contributed by atoms with Crippen LogP contribution in [0.25, 0.3) is 0 Å². The van der Waals surface area contributed by atoms with Crippen LogP contribution in [0.1, 0.15) is 26.7 Å². The van der Waals surface area contributed by atoms with Gasteiger partial charge in [0.25, 0.3) is 0 Å². The molecule has 1 aliphatic rings. The highest BCUT2D eigenvalue weighted by Gasteiger charge is 2.48. The van der Waals surface area contributed by atoms with Crippen molar-refractivity contribution >= 4 is 29.1 Å². The van der Waals surface area contributed by atoms with Gasteiger partial charge in [0.2, 0.25) is 11.8 Å². The lowest BCUT2D eigenvalue weighted by Crippen LogP contribution is -2.62. The predicted molar refractivity (Wildman–Crippen MR) is 56.5 cm³/mol. The van der Waals surface area contributed by atoms with Crippen LogP contribution < -0.4 is 5.32 Å². The maximum atomic E-state index is 11.9. The Hall–Kier alpha value is -0.970. The molecular formula is C9H14N2O2S. The third-order valence-corrected chi connectivity index (χ3v) is 3.26. The summed E-state index contributed by atoms with van der Waals surface area (Å²) in [4.78, 5) is 24.9. The second kappa shape index (κ2) is 3.65. The lowest BCUT2D eigenvalue weighted by molar-refractivity contribution is -0.149. The van der Waals surface area contributed by atoms with Gasteiger partial charge in [0, 0.05) is 7.05 Å². The van der Waals surface area contributed by atoms with Crippen LogP contribution in [0.2, 0.25) is 0 Å². The summed E-state index contributed by atoms with van der Waals surface area (Å²) in [6.45, 7) is 3.67. The number of thiocarbonyl (C=S) groups is 1. The average molecular weight is 214 g/mol. The Bertz CT molecular complexity index is 297. The maximum Gasteiger partial charge on any atom is 0.244 e. The largest absolute Gasteiger partial charge is 0.302 e. The molecule has 0 unspecified atom stereocenters. The van der Waals surface area contributed by atoms with E-state index < -0.39 is 5.41 Å². The molecule has 0 aromatic heterocycles. The predicted octanol–water partition coefficient (Wildman–Crippen LogP) is 0.666. The lowest BCUT2D eigenvalue weighted by atomic mass is 9.79. The van der Waals surface area contributed by atoms with Gasteiger partial charge in [0.15, 0.2) is 5.11 Å². The number of carbonyl (C=O) groups is 2. The van der Waals surface area contributed by atoms with Crippen LogP contribution in [-0.2, 0) is 9.59 Å². The van der Waals surface area contributed by atoms with Crippen LogP contribution in [0, 0.1) is 5.41 Å². The molecule has 1 fully saturated rings. The molecule has 0 spiro atoms. The van der Waals surface area contributed by atoms with E-state index in [0.29, 0.717) is 12.8 Å². The van der Waals surface area contributed by atoms with E-state index in [0.717, 1.165) is 0 Å². The van der Waals surface area contributed by atoms with Crippen molar-refractivity contribution in [2.24, 2.45) is 5.41 Å². The summed E-state index contributed by atoms with van der Waals surface area (Å²) in [5.74, 6) is -0.466. The second-order valence-corrected chi connectivity index (χ2v) is 3.80. The first-order valence-electron chi connectivity index (χ1n) is 4.63. The molecule has 78 valence electrons. The Balaban J connectivity index is 3.12. The second-order valence-electron chi connectivity index (χ2n) is 3.41. The smallest absolute Gasteiger partial charge is 0.244 e. The van der Waals surface area contributed by atoms with Gasteiger partial charge in [-0.05, 0) is 25.1 Å². The molecule has 1 saturated heterocycles. The molecule has 0 bridgehead atoms. The van der Waals surface area contributed by atoms with Crippen LogP contribution in [0.4, 0.5) is 0 Å². The first kappa shape index (κ1) is 11.1. The summed E-state index contributed by atoms with van der Waals surface area (Å²) in [7, 11) is 1.59. The first-order chi connectivity index (χ1) is 6.49. The summed E-state index contributed by atoms with van der Waals surface area (Å²) in [6, 6.07) is 0. The standard InChI is InChI=1S/C9H14N2O2S/c1-4-9(5-2)6(12)10-8(14)11(3)7(9)13/h4-5H2,1-3H3,(H,10,12,14). The van der Waals surface area contributed by atoms with E-state index in [9.17, 15) is 9.59 Å². The molecule has 0 aromatic rings. The van der Waals surface area contributed by atoms with Crippen LogP contribution >= 0.6 is 12.2 Å². The van der Waals surface area contributed by atoms with Crippen LogP contribution in [0.15, 0.2) is 0 Å². The number of hydrogen-bond acceptors (Lipinski definition) is 3. The van der Waals surface area contributed by atoms with Gasteiger partial charge < -0.3 is 5.32 Å². The van der Waals surface area contributed by atoms with E-state index in [2.05, 4.69) is 5.32 Å². The summed E-state index contributed by atoms with van der Waals surface area (Å²) in [5, 5.41) is 2.74. The Morgan fingerprint density at radius 1 is 1.36 bits per heavy atom. The Morgan fingerprint density at radius 2 is 1.86 bits per heavy atom. The van der Waals surface area contributed by atoms with Crippen molar-refractivity contribution in [2.45, 2.75) is 26.7 Å². The minimum Gasteiger partial charge on any atom is -0.302 e. The minimum absolute atomic E-state index is 0.192. The van der Waals surface area contributed by atoms with Crippen molar-refractivity contribution in [1.82, 2.24) is 10.2 Å². The van der Waals surface area contributed by atoms with Crippen molar-refractivity contribution in [3.05, 3.63) is 0 Å². The molecule has 0 saturated carbocycles. The molecule has 1 N–H and O–H groups in total. The Morgan fingerprint density at radius 3 is 2.29 bits per heavy atom. The van der Waals surface area contributed by atoms with Gasteiger partial charge in [0.05, 0.1) is 0 Å². The Kier molecular flexibility index (Phi) is 2.89. The van der Waals surface area contributed by atoms with E-state index in [1.54, 1.807) is 7.05 Å². The molecule has 1 rings (SSSR count). The molecule has 4 nitrogen and oxygen atoms in total. The van der Waals surface area contributed by atoms with Crippen LogP contribution in [0.5, 0.6) is 0 Å². The van der Waals surface area contributed by atoms with Crippen LogP contribution in [0.3, 0.4) is 0 Å². The zero-order valence-electron chi connectivity index (χ0n) is 8.59. The fourth-order valence-electron chi connectivity index (χ4n) is 1.68. The van der Waals surface area contributed by atoms with Crippen LogP contribution in [-0.4, -0.2) is 28.9 Å². The lowest BCUT2D eigenvalue weighted by Gasteiger charge is -2.38. The highest BCUT2D eigenvalue weighted by atomic mass is 32.1. The number of nitrogens with zero attached hydrogens (tertiary/aromatic N) is 1. The quantitative estimate of drug-likeness (QED) is 0.543. The molecule has 0 atom stereocenters. The van der Waals surface area contributed by atoms with Gasteiger partial charge in [-0.1, -0.05) is 13.8 Å². The van der Waals surface area contributed by atoms with Crippen molar-refractivity contribution in [2.75, 3.05) is 7.05 Å². The molecule has 0 aliphatic carbocycles. The van der Waals surface area contributed by atoms with Gasteiger partial charge in [-0.25, -0.2) is 0 Å². The van der Waals surface area contributed by atoms with E-state index in [4.69, 9.17) is 12.2 Å². The van der Waals surface area contributed by atoms with Crippen molar-refractivity contribution in [3.63, 3.8) is 0 Å². The third-order valence-electron chi connectivity index (χ3n) is 2.88. The van der Waals surface area contributed by atoms with Gasteiger partial charge in [-0.2, -0.15) is 0 Å². The van der Waals surface area contributed by atoms with E-state index in [-0.39, 0.29) is 16.9 Å². The zero-order chi connectivity index (χ0) is 10.9. The molecule has 5 heteroatoms. The third kappa shape index (κ3) is 1.32. The van der Waals surface area contributed by atoms with Crippen molar-refractivity contribution in [3.8, 4) is 0 Å². The maximum absolute atomic E-state index is 11.9. The average Bonchev–Trinajstić information content (AvgIpc) is 2.17. The van der Waals surface area contributed by atoms with Gasteiger partial charge >= 0.3 is 0 Å². The molecule has 1 aliphatic heterocycles. The summed E-state index contributed by atoms with van der Waals surface area (Å²) in [6.07, 6.45) is 1.00. The fourth-order valence-corrected chi connectivity index (χ4v) is 1.86. The number of amides is 2. The molecule has 0 aromatic carbocycles. The SMILES string of the molecule is CCC1(CC)C(=O)NC(=S)N(C)C1=O. The number of carbonyl (C=O) groups excluding carboxylic acids is 2. The molecule has 0 radical (unpaired) electrons. The minimum atomic E-state index is -0.920. The Labute approximate surface area is 88.6 Å². The van der Waals surface area contributed by atoms with Gasteiger partial charge in [-0.3, -0.25) is 14.5 Å². The molecule has 1 heterocycles. The van der Waals surface area contributed by atoms with E-state index in [1.807, 2.05) is 13.8 Å². The molecular weight excluding hydrogens is 200 g/mol. The highest BCUT2D eigenvalue weighted by Crippen LogP contribution is 2.31. The summed E-state index contributed by atoms with van der Waals surface area (Å²) >= 11 is 4.85. The number of nitrogens with one attached hydrogen (secondary N) is 1. The monoisotopic (exact) mass is 214 g/mol. The zero-order valence-corrected chi connectivity index (χ0v) is 9.40. The van der Waals surface area contributed by atoms with E-state index >= 15 is 0 Å². The van der Waals surface area contributed by atoms with Crippen molar-refractivity contribution in [1.29, 1.82) is 0 Å². The topological polar surface area (TPSA) is 49.4 Å². The van der Waals surface area contributed by atoms with E-state index in [1.165, 1.54) is 4.90 Å². The number of rotatable bonds is 2. The first-order valence-corrected chi connectivity index (χ1v) is 5.04. The normalized spacial score (nSPS) is 21.1. The fraction of sp³-hybridized carbons (Fsp3) is 0.667. The summed E-state index contributed by atoms with van der Waals surface area (Å²) < 4.78 is 0. The van der Waals surface area contributed by atoms with Crippen molar-refractivity contribution < 1.29 is 9.59 Å². The summed E-state index contributed by atoms with van der Waals surface area (Å²) in [5.41, 5.74) is -0.920. The molecule has 14 heavy (non-hydrogen) atoms. The van der Waals surface area contributed by atoms with Gasteiger partial charge in [-0.15, -0.1) is 0 Å². The molecule has 2 amide bonds. The highest BCUT2D eigenvalue weighted by molar-refractivity contribution is 7.80. The van der Waals surface area contributed by atoms with Gasteiger partial charge in [0.1, 0.15) is 5.41 Å². The number of hydrogen-bond donors (Lipinski definition) is 1.